The third-order valence-corrected chi connectivity index (χ3v) is 6.40. The molecule has 5 heteroatoms. The molecule has 0 N–H and O–H groups in total. The van der Waals surface area contributed by atoms with Gasteiger partial charge in [-0.15, -0.1) is 0 Å². The molecular formula is C32H20N4O. The lowest BCUT2D eigenvalue weighted by Gasteiger charge is -2.08. The van der Waals surface area contributed by atoms with E-state index in [0.29, 0.717) is 28.8 Å². The van der Waals surface area contributed by atoms with Crippen LogP contribution in [0.1, 0.15) is 0 Å². The Morgan fingerprint density at radius 3 is 1.65 bits per heavy atom. The minimum absolute atomic E-state index is 0.473. The number of aromatic nitrogens is 4. The quantitative estimate of drug-likeness (QED) is 0.259. The molecule has 0 fully saturated rings. The van der Waals surface area contributed by atoms with Crippen LogP contribution in [0.2, 0.25) is 0 Å². The number of pyridine rings is 1. The van der Waals surface area contributed by atoms with Crippen molar-refractivity contribution in [2.24, 2.45) is 0 Å². The number of benzene rings is 4. The third-order valence-electron chi connectivity index (χ3n) is 6.40. The Hall–Kier alpha value is -5.16. The molecule has 0 bridgehead atoms. The van der Waals surface area contributed by atoms with Gasteiger partial charge in [-0.05, 0) is 29.3 Å². The maximum Gasteiger partial charge on any atom is 0.186 e. The van der Waals surface area contributed by atoms with Crippen LogP contribution in [0, 0.1) is 0 Å². The Kier molecular flexibility index (Phi) is 5.03. The first-order valence-corrected chi connectivity index (χ1v) is 12.1. The largest absolute Gasteiger partial charge is 0.454 e. The van der Waals surface area contributed by atoms with E-state index in [0.717, 1.165) is 38.6 Å². The van der Waals surface area contributed by atoms with E-state index in [1.54, 1.807) is 6.20 Å². The molecule has 4 aromatic carbocycles. The zero-order chi connectivity index (χ0) is 24.6. The summed E-state index contributed by atoms with van der Waals surface area (Å²) in [5, 5.41) is 2.00. The molecule has 0 amide bonds. The second kappa shape index (κ2) is 8.81. The van der Waals surface area contributed by atoms with Crippen molar-refractivity contribution in [3.8, 4) is 45.4 Å². The Labute approximate surface area is 213 Å². The highest BCUT2D eigenvalue weighted by atomic mass is 16.3. The molecule has 0 unspecified atom stereocenters. The molecule has 174 valence electrons. The Balaban J connectivity index is 1.44. The van der Waals surface area contributed by atoms with Crippen molar-refractivity contribution >= 4 is 21.9 Å². The molecule has 0 aliphatic carbocycles. The van der Waals surface area contributed by atoms with E-state index in [4.69, 9.17) is 19.4 Å². The first-order chi connectivity index (χ1) is 18.3. The van der Waals surface area contributed by atoms with E-state index in [2.05, 4.69) is 29.2 Å². The van der Waals surface area contributed by atoms with Crippen molar-refractivity contribution in [2.75, 3.05) is 0 Å². The van der Waals surface area contributed by atoms with E-state index in [9.17, 15) is 0 Å². The topological polar surface area (TPSA) is 64.7 Å². The fourth-order valence-corrected chi connectivity index (χ4v) is 4.59. The van der Waals surface area contributed by atoms with E-state index >= 15 is 0 Å². The predicted octanol–water partition coefficient (Wildman–Crippen LogP) is 7.83. The van der Waals surface area contributed by atoms with E-state index in [1.165, 1.54) is 0 Å². The SMILES string of the molecule is c1ccc(-c2ccc3oc4c(-c5nc(-c6ccccc6)nc(-c6ccccc6)n5)nccc4c3c2)cc1. The zero-order valence-electron chi connectivity index (χ0n) is 19.7. The molecule has 0 saturated carbocycles. The molecule has 0 aliphatic heterocycles. The summed E-state index contributed by atoms with van der Waals surface area (Å²) in [5.74, 6) is 1.65. The van der Waals surface area contributed by atoms with Crippen LogP contribution in [0.15, 0.2) is 126 Å². The number of hydrogen-bond donors (Lipinski definition) is 0. The van der Waals surface area contributed by atoms with Crippen molar-refractivity contribution in [1.29, 1.82) is 0 Å². The van der Waals surface area contributed by atoms with Gasteiger partial charge in [0.15, 0.2) is 28.8 Å². The summed E-state index contributed by atoms with van der Waals surface area (Å²) in [4.78, 5) is 19.1. The monoisotopic (exact) mass is 476 g/mol. The first-order valence-electron chi connectivity index (χ1n) is 12.1. The van der Waals surface area contributed by atoms with Crippen LogP contribution >= 0.6 is 0 Å². The number of rotatable bonds is 4. The van der Waals surface area contributed by atoms with Crippen LogP contribution in [0.4, 0.5) is 0 Å². The van der Waals surface area contributed by atoms with Crippen LogP contribution in [-0.2, 0) is 0 Å². The van der Waals surface area contributed by atoms with Gasteiger partial charge < -0.3 is 4.42 Å². The van der Waals surface area contributed by atoms with Crippen molar-refractivity contribution in [1.82, 2.24) is 19.9 Å². The standard InChI is InChI=1S/C32H20N4O/c1-4-10-21(11-5-1)24-16-17-27-26(20-24)25-18-19-33-28(29(25)37-27)32-35-30(22-12-6-2-7-13-22)34-31(36-32)23-14-8-3-9-15-23/h1-20H. The number of furan rings is 1. The van der Waals surface area contributed by atoms with Crippen LogP contribution < -0.4 is 0 Å². The number of hydrogen-bond acceptors (Lipinski definition) is 5. The maximum absolute atomic E-state index is 6.36. The molecule has 0 aliphatic rings. The summed E-state index contributed by atoms with van der Waals surface area (Å²) in [6.45, 7) is 0. The summed E-state index contributed by atoms with van der Waals surface area (Å²) in [7, 11) is 0. The first kappa shape index (κ1) is 21.1. The van der Waals surface area contributed by atoms with Gasteiger partial charge in [0.2, 0.25) is 0 Å². The van der Waals surface area contributed by atoms with Gasteiger partial charge in [0.25, 0.3) is 0 Å². The summed E-state index contributed by atoms with van der Waals surface area (Å²) in [5.41, 5.74) is 6.15. The summed E-state index contributed by atoms with van der Waals surface area (Å²) >= 11 is 0. The molecular weight excluding hydrogens is 456 g/mol. The molecule has 7 aromatic rings. The van der Waals surface area contributed by atoms with E-state index in [1.807, 2.05) is 91.0 Å². The molecule has 37 heavy (non-hydrogen) atoms. The van der Waals surface area contributed by atoms with Crippen LogP contribution in [-0.4, -0.2) is 19.9 Å². The van der Waals surface area contributed by atoms with Gasteiger partial charge in [0.1, 0.15) is 5.58 Å². The van der Waals surface area contributed by atoms with Gasteiger partial charge >= 0.3 is 0 Å². The molecule has 0 spiro atoms. The van der Waals surface area contributed by atoms with Gasteiger partial charge in [0.05, 0.1) is 0 Å². The van der Waals surface area contributed by atoms with Crippen molar-refractivity contribution in [3.05, 3.63) is 121 Å². The van der Waals surface area contributed by atoms with Gasteiger partial charge in [-0.25, -0.2) is 19.9 Å². The number of nitrogens with zero attached hydrogens (tertiary/aromatic N) is 4. The lowest BCUT2D eigenvalue weighted by atomic mass is 10.0. The zero-order valence-corrected chi connectivity index (χ0v) is 19.7. The normalized spacial score (nSPS) is 11.2. The summed E-state index contributed by atoms with van der Waals surface area (Å²) in [6.07, 6.45) is 1.79. The maximum atomic E-state index is 6.36. The van der Waals surface area contributed by atoms with Crippen LogP contribution in [0.3, 0.4) is 0 Å². The average molecular weight is 477 g/mol. The van der Waals surface area contributed by atoms with Crippen molar-refractivity contribution in [3.63, 3.8) is 0 Å². The minimum Gasteiger partial charge on any atom is -0.454 e. The van der Waals surface area contributed by atoms with Crippen LogP contribution in [0.5, 0.6) is 0 Å². The van der Waals surface area contributed by atoms with Gasteiger partial charge in [-0.3, -0.25) is 0 Å². The highest BCUT2D eigenvalue weighted by Gasteiger charge is 2.19. The molecule has 0 radical (unpaired) electrons. The Bertz CT molecular complexity index is 1810. The highest BCUT2D eigenvalue weighted by Crippen LogP contribution is 2.36. The van der Waals surface area contributed by atoms with E-state index in [-0.39, 0.29) is 0 Å². The second-order valence-corrected chi connectivity index (χ2v) is 8.75. The second-order valence-electron chi connectivity index (χ2n) is 8.75. The number of fused-ring (bicyclic) bond motifs is 3. The highest BCUT2D eigenvalue weighted by molar-refractivity contribution is 6.09. The Morgan fingerprint density at radius 1 is 0.459 bits per heavy atom. The summed E-state index contributed by atoms with van der Waals surface area (Å²) in [6, 6.07) is 38.4. The molecule has 5 nitrogen and oxygen atoms in total. The minimum atomic E-state index is 0.473. The molecule has 0 saturated heterocycles. The van der Waals surface area contributed by atoms with Crippen molar-refractivity contribution in [2.45, 2.75) is 0 Å². The smallest absolute Gasteiger partial charge is 0.186 e. The predicted molar refractivity (Wildman–Crippen MR) is 147 cm³/mol. The van der Waals surface area contributed by atoms with Gasteiger partial charge in [-0.2, -0.15) is 0 Å². The molecule has 7 rings (SSSR count). The fraction of sp³-hybridized carbons (Fsp3) is 0. The average Bonchev–Trinajstić information content (AvgIpc) is 3.36. The summed E-state index contributed by atoms with van der Waals surface area (Å²) < 4.78 is 6.36. The molecule has 0 atom stereocenters. The van der Waals surface area contributed by atoms with Gasteiger partial charge in [-0.1, -0.05) is 97.1 Å². The lowest BCUT2D eigenvalue weighted by molar-refractivity contribution is 0.667. The molecule has 3 aromatic heterocycles. The molecule has 3 heterocycles. The third kappa shape index (κ3) is 3.83. The van der Waals surface area contributed by atoms with Crippen LogP contribution in [0.25, 0.3) is 67.4 Å². The van der Waals surface area contributed by atoms with Gasteiger partial charge in [0, 0.05) is 28.1 Å². The van der Waals surface area contributed by atoms with Crippen molar-refractivity contribution < 1.29 is 4.42 Å². The van der Waals surface area contributed by atoms with E-state index < -0.39 is 0 Å². The fourth-order valence-electron chi connectivity index (χ4n) is 4.59. The Morgan fingerprint density at radius 2 is 1.03 bits per heavy atom. The lowest BCUT2D eigenvalue weighted by Crippen LogP contribution is -2.01.